The lowest BCUT2D eigenvalue weighted by Gasteiger charge is -2.20. The number of nitrogens with zero attached hydrogens (tertiary/aromatic N) is 1. The van der Waals surface area contributed by atoms with Crippen molar-refractivity contribution in [2.45, 2.75) is 18.9 Å². The molecule has 1 heterocycles. The number of amides is 1. The van der Waals surface area contributed by atoms with Crippen LogP contribution in [-0.4, -0.2) is 40.3 Å². The maximum absolute atomic E-state index is 12.0. The summed E-state index contributed by atoms with van der Waals surface area (Å²) in [4.78, 5) is 36.0. The fraction of sp³-hybridized carbons (Fsp3) is 0.308. The van der Waals surface area contributed by atoms with Gasteiger partial charge < -0.3 is 10.0 Å². The molecule has 5 heteroatoms. The third-order valence-corrected chi connectivity index (χ3v) is 3.03. The predicted molar refractivity (Wildman–Crippen MR) is 63.1 cm³/mol. The first-order chi connectivity index (χ1) is 8.61. The fourth-order valence-corrected chi connectivity index (χ4v) is 2.11. The molecule has 0 spiro atoms. The summed E-state index contributed by atoms with van der Waals surface area (Å²) < 4.78 is 0. The molecule has 1 aliphatic heterocycles. The van der Waals surface area contributed by atoms with E-state index in [1.807, 2.05) is 0 Å². The van der Waals surface area contributed by atoms with Crippen LogP contribution in [0.3, 0.4) is 0 Å². The lowest BCUT2D eigenvalue weighted by molar-refractivity contribution is -0.146. The molecule has 0 unspecified atom stereocenters. The zero-order valence-corrected chi connectivity index (χ0v) is 9.70. The largest absolute Gasteiger partial charge is 0.480 e. The van der Waals surface area contributed by atoms with Gasteiger partial charge in [-0.2, -0.15) is 0 Å². The van der Waals surface area contributed by atoms with Crippen molar-refractivity contribution < 1.29 is 19.5 Å². The van der Waals surface area contributed by atoms with Crippen LogP contribution in [0.1, 0.15) is 23.2 Å². The highest BCUT2D eigenvalue weighted by molar-refractivity contribution is 6.43. The van der Waals surface area contributed by atoms with Crippen molar-refractivity contribution >= 4 is 17.7 Å². The Bertz CT molecular complexity index is 483. The molecule has 0 bridgehead atoms. The fourth-order valence-electron chi connectivity index (χ4n) is 2.11. The number of ketones is 1. The van der Waals surface area contributed by atoms with Gasteiger partial charge in [0, 0.05) is 12.1 Å². The van der Waals surface area contributed by atoms with Crippen LogP contribution < -0.4 is 0 Å². The number of hydrogen-bond donors (Lipinski definition) is 1. The van der Waals surface area contributed by atoms with Crippen molar-refractivity contribution in [3.63, 3.8) is 0 Å². The molecule has 18 heavy (non-hydrogen) atoms. The Labute approximate surface area is 104 Å². The average molecular weight is 247 g/mol. The highest BCUT2D eigenvalue weighted by Gasteiger charge is 2.36. The number of benzene rings is 1. The SMILES string of the molecule is O=C(C(=O)N1CCC[C@H]1C(=O)O)c1ccccc1. The van der Waals surface area contributed by atoms with Crippen LogP contribution >= 0.6 is 0 Å². The second-order valence-electron chi connectivity index (χ2n) is 4.19. The Morgan fingerprint density at radius 2 is 1.83 bits per heavy atom. The second-order valence-corrected chi connectivity index (χ2v) is 4.19. The van der Waals surface area contributed by atoms with Crippen molar-refractivity contribution in [2.75, 3.05) is 6.54 Å². The van der Waals surface area contributed by atoms with Gasteiger partial charge >= 0.3 is 5.97 Å². The van der Waals surface area contributed by atoms with E-state index in [-0.39, 0.29) is 0 Å². The average Bonchev–Trinajstić information content (AvgIpc) is 2.87. The molecule has 0 radical (unpaired) electrons. The van der Waals surface area contributed by atoms with Gasteiger partial charge in [-0.3, -0.25) is 9.59 Å². The zero-order chi connectivity index (χ0) is 13.1. The van der Waals surface area contributed by atoms with E-state index in [2.05, 4.69) is 0 Å². The Hall–Kier alpha value is -2.17. The van der Waals surface area contributed by atoms with E-state index >= 15 is 0 Å². The van der Waals surface area contributed by atoms with Crippen molar-refractivity contribution in [3.05, 3.63) is 35.9 Å². The summed E-state index contributed by atoms with van der Waals surface area (Å²) in [6.07, 6.45) is 1.02. The van der Waals surface area contributed by atoms with E-state index < -0.39 is 23.7 Å². The number of carboxylic acid groups (broad SMARTS) is 1. The summed E-state index contributed by atoms with van der Waals surface area (Å²) in [7, 11) is 0. The minimum absolute atomic E-state index is 0.290. The smallest absolute Gasteiger partial charge is 0.326 e. The maximum atomic E-state index is 12.0. The number of carbonyl (C=O) groups excluding carboxylic acids is 2. The van der Waals surface area contributed by atoms with E-state index in [0.29, 0.717) is 24.9 Å². The normalized spacial score (nSPS) is 18.7. The molecule has 94 valence electrons. The third kappa shape index (κ3) is 2.25. The summed E-state index contributed by atoms with van der Waals surface area (Å²) in [5.41, 5.74) is 0.290. The van der Waals surface area contributed by atoms with E-state index in [0.717, 1.165) is 4.90 Å². The molecule has 1 atom stereocenters. The lowest BCUT2D eigenvalue weighted by atomic mass is 10.1. The molecule has 2 rings (SSSR count). The van der Waals surface area contributed by atoms with Gasteiger partial charge in [-0.1, -0.05) is 30.3 Å². The van der Waals surface area contributed by atoms with E-state index in [9.17, 15) is 14.4 Å². The van der Waals surface area contributed by atoms with Crippen molar-refractivity contribution in [1.29, 1.82) is 0 Å². The standard InChI is InChI=1S/C13H13NO4/c15-11(9-5-2-1-3-6-9)12(16)14-8-4-7-10(14)13(17)18/h1-3,5-6,10H,4,7-8H2,(H,17,18)/t10-/m0/s1. The van der Waals surface area contributed by atoms with E-state index in [1.165, 1.54) is 0 Å². The number of likely N-dealkylation sites (tertiary alicyclic amines) is 1. The third-order valence-electron chi connectivity index (χ3n) is 3.03. The topological polar surface area (TPSA) is 74.7 Å². The molecular formula is C13H13NO4. The molecule has 1 N–H and O–H groups in total. The highest BCUT2D eigenvalue weighted by atomic mass is 16.4. The molecule has 1 amide bonds. The Morgan fingerprint density at radius 3 is 2.44 bits per heavy atom. The van der Waals surface area contributed by atoms with E-state index in [4.69, 9.17) is 5.11 Å². The van der Waals surface area contributed by atoms with Gasteiger partial charge in [0.2, 0.25) is 5.78 Å². The molecular weight excluding hydrogens is 234 g/mol. The minimum Gasteiger partial charge on any atom is -0.480 e. The summed E-state index contributed by atoms with van der Waals surface area (Å²) in [5, 5.41) is 8.98. The highest BCUT2D eigenvalue weighted by Crippen LogP contribution is 2.18. The minimum atomic E-state index is -1.05. The van der Waals surface area contributed by atoms with Gasteiger partial charge in [0.05, 0.1) is 0 Å². The first-order valence-corrected chi connectivity index (χ1v) is 5.74. The molecule has 1 saturated heterocycles. The van der Waals surface area contributed by atoms with Crippen molar-refractivity contribution in [2.24, 2.45) is 0 Å². The number of rotatable bonds is 3. The number of carboxylic acids is 1. The molecule has 0 aromatic heterocycles. The summed E-state index contributed by atoms with van der Waals surface area (Å²) >= 11 is 0. The quantitative estimate of drug-likeness (QED) is 0.637. The van der Waals surface area contributed by atoms with Crippen LogP contribution in [0.25, 0.3) is 0 Å². The van der Waals surface area contributed by atoms with Gasteiger partial charge in [-0.05, 0) is 12.8 Å². The van der Waals surface area contributed by atoms with Gasteiger partial charge in [0.1, 0.15) is 6.04 Å². The summed E-state index contributed by atoms with van der Waals surface area (Å²) in [6.45, 7) is 0.328. The van der Waals surface area contributed by atoms with Crippen LogP contribution in [-0.2, 0) is 9.59 Å². The number of carbonyl (C=O) groups is 3. The van der Waals surface area contributed by atoms with Crippen LogP contribution in [0.15, 0.2) is 30.3 Å². The summed E-state index contributed by atoms with van der Waals surface area (Å²) in [5.74, 6) is -2.43. The predicted octanol–water partition coefficient (Wildman–Crippen LogP) is 0.945. The number of Topliss-reactive ketones (excluding diaryl/α,β-unsaturated/α-hetero) is 1. The maximum Gasteiger partial charge on any atom is 0.326 e. The Morgan fingerprint density at radius 1 is 1.17 bits per heavy atom. The van der Waals surface area contributed by atoms with E-state index in [1.54, 1.807) is 30.3 Å². The molecule has 1 aliphatic rings. The molecule has 0 saturated carbocycles. The first kappa shape index (κ1) is 12.3. The summed E-state index contributed by atoms with van der Waals surface area (Å²) in [6, 6.07) is 7.30. The van der Waals surface area contributed by atoms with Crippen LogP contribution in [0.2, 0.25) is 0 Å². The molecule has 5 nitrogen and oxygen atoms in total. The monoisotopic (exact) mass is 247 g/mol. The van der Waals surface area contributed by atoms with Gasteiger partial charge in [-0.25, -0.2) is 4.79 Å². The molecule has 1 aromatic rings. The molecule has 0 aliphatic carbocycles. The van der Waals surface area contributed by atoms with Gasteiger partial charge in [-0.15, -0.1) is 0 Å². The zero-order valence-electron chi connectivity index (χ0n) is 9.70. The van der Waals surface area contributed by atoms with Crippen LogP contribution in [0.5, 0.6) is 0 Å². The van der Waals surface area contributed by atoms with Gasteiger partial charge in [0.15, 0.2) is 0 Å². The van der Waals surface area contributed by atoms with Gasteiger partial charge in [0.25, 0.3) is 5.91 Å². The van der Waals surface area contributed by atoms with Crippen LogP contribution in [0, 0.1) is 0 Å². The van der Waals surface area contributed by atoms with Crippen molar-refractivity contribution in [3.8, 4) is 0 Å². The molecule has 1 fully saturated rings. The number of aliphatic carboxylic acids is 1. The Balaban J connectivity index is 2.17. The Kier molecular flexibility index (Phi) is 3.41. The number of hydrogen-bond acceptors (Lipinski definition) is 3. The second kappa shape index (κ2) is 5.00. The molecule has 1 aromatic carbocycles. The lowest BCUT2D eigenvalue weighted by Crippen LogP contribution is -2.43. The first-order valence-electron chi connectivity index (χ1n) is 5.74. The van der Waals surface area contributed by atoms with Crippen molar-refractivity contribution in [1.82, 2.24) is 4.90 Å². The van der Waals surface area contributed by atoms with Crippen LogP contribution in [0.4, 0.5) is 0 Å².